The van der Waals surface area contributed by atoms with Gasteiger partial charge >= 0.3 is 6.03 Å². The maximum atomic E-state index is 12.5. The second kappa shape index (κ2) is 6.40. The maximum Gasteiger partial charge on any atom is 0.343 e. The number of benzene rings is 2. The number of imide groups is 1. The molecule has 1 aliphatic heterocycles. The number of hydrogen-bond donors (Lipinski definition) is 1. The SMILES string of the molecule is COc1ccc(/C=C2\NC(=O)N(S(=O)(=O)c3ccccc3)C2=O)cc1. The van der Waals surface area contributed by atoms with E-state index in [4.69, 9.17) is 4.74 Å². The van der Waals surface area contributed by atoms with E-state index in [1.54, 1.807) is 30.3 Å². The Balaban J connectivity index is 1.93. The van der Waals surface area contributed by atoms with Gasteiger partial charge in [0.05, 0.1) is 12.0 Å². The van der Waals surface area contributed by atoms with Crippen LogP contribution in [0.5, 0.6) is 5.75 Å². The monoisotopic (exact) mass is 358 g/mol. The molecule has 0 aliphatic carbocycles. The molecule has 8 heteroatoms. The van der Waals surface area contributed by atoms with Crippen molar-refractivity contribution in [3.63, 3.8) is 0 Å². The highest BCUT2D eigenvalue weighted by Gasteiger charge is 2.43. The Hall–Kier alpha value is -3.13. The lowest BCUT2D eigenvalue weighted by atomic mass is 10.2. The van der Waals surface area contributed by atoms with Crippen molar-refractivity contribution >= 4 is 28.0 Å². The molecule has 2 aromatic carbocycles. The number of sulfonamides is 1. The molecule has 0 aromatic heterocycles. The van der Waals surface area contributed by atoms with Crippen molar-refractivity contribution in [3.8, 4) is 5.75 Å². The van der Waals surface area contributed by atoms with E-state index in [0.29, 0.717) is 11.3 Å². The summed E-state index contributed by atoms with van der Waals surface area (Å²) in [7, 11) is -2.73. The molecule has 3 rings (SSSR count). The van der Waals surface area contributed by atoms with Gasteiger partial charge in [-0.3, -0.25) is 4.79 Å². The van der Waals surface area contributed by atoms with Gasteiger partial charge in [-0.2, -0.15) is 0 Å². The molecule has 1 aliphatic rings. The van der Waals surface area contributed by atoms with E-state index in [1.807, 2.05) is 0 Å². The highest BCUT2D eigenvalue weighted by molar-refractivity contribution is 7.90. The lowest BCUT2D eigenvalue weighted by Gasteiger charge is -2.12. The molecule has 128 valence electrons. The Kier molecular flexibility index (Phi) is 4.28. The summed E-state index contributed by atoms with van der Waals surface area (Å²) in [5.41, 5.74) is 0.498. The minimum atomic E-state index is -4.26. The first kappa shape index (κ1) is 16.7. The van der Waals surface area contributed by atoms with Crippen LogP contribution in [0.4, 0.5) is 4.79 Å². The average Bonchev–Trinajstić information content (AvgIpc) is 2.90. The van der Waals surface area contributed by atoms with Gasteiger partial charge < -0.3 is 10.1 Å². The molecular weight excluding hydrogens is 344 g/mol. The Morgan fingerprint density at radius 1 is 1.00 bits per heavy atom. The zero-order chi connectivity index (χ0) is 18.0. The van der Waals surface area contributed by atoms with Crippen molar-refractivity contribution < 1.29 is 22.7 Å². The Morgan fingerprint density at radius 2 is 1.64 bits per heavy atom. The maximum absolute atomic E-state index is 12.5. The van der Waals surface area contributed by atoms with E-state index in [1.165, 1.54) is 37.5 Å². The van der Waals surface area contributed by atoms with Gasteiger partial charge in [0.25, 0.3) is 15.9 Å². The highest BCUT2D eigenvalue weighted by Crippen LogP contribution is 2.23. The van der Waals surface area contributed by atoms with E-state index in [2.05, 4.69) is 5.32 Å². The summed E-state index contributed by atoms with van der Waals surface area (Å²) in [4.78, 5) is 24.4. The Labute approximate surface area is 144 Å². The van der Waals surface area contributed by atoms with Crippen LogP contribution in [0.15, 0.2) is 65.2 Å². The average molecular weight is 358 g/mol. The van der Waals surface area contributed by atoms with Gasteiger partial charge in [-0.15, -0.1) is 4.31 Å². The number of hydrogen-bond acceptors (Lipinski definition) is 5. The van der Waals surface area contributed by atoms with Crippen LogP contribution in [0.25, 0.3) is 6.08 Å². The summed E-state index contributed by atoms with van der Waals surface area (Å²) in [5.74, 6) is -0.290. The van der Waals surface area contributed by atoms with Crippen molar-refractivity contribution in [2.24, 2.45) is 0 Å². The van der Waals surface area contributed by atoms with Gasteiger partial charge in [-0.05, 0) is 35.9 Å². The molecule has 0 spiro atoms. The van der Waals surface area contributed by atoms with Gasteiger partial charge in [-0.25, -0.2) is 13.2 Å². The first-order chi connectivity index (χ1) is 11.9. The van der Waals surface area contributed by atoms with Crippen LogP contribution < -0.4 is 10.1 Å². The summed E-state index contributed by atoms with van der Waals surface area (Å²) in [6.45, 7) is 0. The number of carbonyl (C=O) groups is 2. The fourth-order valence-corrected chi connectivity index (χ4v) is 3.59. The Bertz CT molecular complexity index is 950. The molecule has 7 nitrogen and oxygen atoms in total. The molecule has 1 fully saturated rings. The highest BCUT2D eigenvalue weighted by atomic mass is 32.2. The van der Waals surface area contributed by atoms with E-state index < -0.39 is 22.0 Å². The van der Waals surface area contributed by atoms with E-state index >= 15 is 0 Å². The minimum absolute atomic E-state index is 0.116. The first-order valence-electron chi connectivity index (χ1n) is 7.25. The van der Waals surface area contributed by atoms with Crippen LogP contribution in [0, 0.1) is 0 Å². The zero-order valence-corrected chi connectivity index (χ0v) is 14.0. The first-order valence-corrected chi connectivity index (χ1v) is 8.69. The van der Waals surface area contributed by atoms with E-state index in [9.17, 15) is 18.0 Å². The number of methoxy groups -OCH3 is 1. The second-order valence-electron chi connectivity index (χ2n) is 5.15. The van der Waals surface area contributed by atoms with Crippen LogP contribution in [0.3, 0.4) is 0 Å². The quantitative estimate of drug-likeness (QED) is 0.666. The Morgan fingerprint density at radius 3 is 2.24 bits per heavy atom. The van der Waals surface area contributed by atoms with Crippen molar-refractivity contribution in [1.82, 2.24) is 9.62 Å². The number of ether oxygens (including phenoxy) is 1. The summed E-state index contributed by atoms with van der Waals surface area (Å²) in [6, 6.07) is 13.0. The summed E-state index contributed by atoms with van der Waals surface area (Å²) in [6.07, 6.45) is 1.40. The molecule has 1 N–H and O–H groups in total. The largest absolute Gasteiger partial charge is 0.497 e. The standard InChI is InChI=1S/C17H14N2O5S/c1-24-13-9-7-12(8-10-13)11-15-16(20)19(17(21)18-15)25(22,23)14-5-3-2-4-6-14/h2-11H,1H3,(H,18,21)/b15-11-. The second-order valence-corrected chi connectivity index (χ2v) is 6.94. The number of urea groups is 1. The van der Waals surface area contributed by atoms with Gasteiger partial charge in [-0.1, -0.05) is 30.3 Å². The molecule has 0 saturated carbocycles. The normalized spacial score (nSPS) is 16.2. The lowest BCUT2D eigenvalue weighted by molar-refractivity contribution is -0.119. The molecule has 0 radical (unpaired) electrons. The minimum Gasteiger partial charge on any atom is -0.497 e. The van der Waals surface area contributed by atoms with E-state index in [0.717, 1.165) is 0 Å². The number of carbonyl (C=O) groups excluding carboxylic acids is 2. The topological polar surface area (TPSA) is 92.8 Å². The molecule has 1 heterocycles. The van der Waals surface area contributed by atoms with Crippen molar-refractivity contribution in [3.05, 3.63) is 65.9 Å². The van der Waals surface area contributed by atoms with Gasteiger partial charge in [0, 0.05) is 0 Å². The smallest absolute Gasteiger partial charge is 0.343 e. The van der Waals surface area contributed by atoms with Crippen LogP contribution in [-0.2, 0) is 14.8 Å². The molecule has 0 bridgehead atoms. The summed E-state index contributed by atoms with van der Waals surface area (Å²) >= 11 is 0. The molecular formula is C17H14N2O5S. The van der Waals surface area contributed by atoms with Gasteiger partial charge in [0.1, 0.15) is 11.4 Å². The molecule has 3 amide bonds. The number of nitrogens with zero attached hydrogens (tertiary/aromatic N) is 1. The number of nitrogens with one attached hydrogen (secondary N) is 1. The molecule has 1 saturated heterocycles. The molecule has 0 atom stereocenters. The van der Waals surface area contributed by atoms with E-state index in [-0.39, 0.29) is 14.9 Å². The number of rotatable bonds is 4. The third-order valence-corrected chi connectivity index (χ3v) is 5.23. The fourth-order valence-electron chi connectivity index (χ4n) is 2.30. The molecule has 2 aromatic rings. The van der Waals surface area contributed by atoms with Gasteiger partial charge in [0.15, 0.2) is 0 Å². The third kappa shape index (κ3) is 3.11. The predicted octanol–water partition coefficient (Wildman–Crippen LogP) is 1.98. The van der Waals surface area contributed by atoms with Crippen LogP contribution in [0.1, 0.15) is 5.56 Å². The lowest BCUT2D eigenvalue weighted by Crippen LogP contribution is -2.36. The van der Waals surface area contributed by atoms with Crippen LogP contribution in [0.2, 0.25) is 0 Å². The van der Waals surface area contributed by atoms with Crippen molar-refractivity contribution in [2.45, 2.75) is 4.90 Å². The van der Waals surface area contributed by atoms with Crippen LogP contribution in [-0.4, -0.2) is 31.8 Å². The molecule has 0 unspecified atom stereocenters. The van der Waals surface area contributed by atoms with Gasteiger partial charge in [0.2, 0.25) is 0 Å². The predicted molar refractivity (Wildman–Crippen MR) is 90.0 cm³/mol. The van der Waals surface area contributed by atoms with Crippen molar-refractivity contribution in [2.75, 3.05) is 7.11 Å². The summed E-state index contributed by atoms with van der Waals surface area (Å²) < 4.78 is 30.4. The zero-order valence-electron chi connectivity index (χ0n) is 13.2. The molecule has 25 heavy (non-hydrogen) atoms. The fraction of sp³-hybridized carbons (Fsp3) is 0.0588. The third-order valence-electron chi connectivity index (χ3n) is 3.55. The number of amides is 3. The van der Waals surface area contributed by atoms with Crippen molar-refractivity contribution in [1.29, 1.82) is 0 Å². The summed E-state index contributed by atoms with van der Waals surface area (Å²) in [5, 5.41) is 2.29. The van der Waals surface area contributed by atoms with Crippen LogP contribution >= 0.6 is 0 Å².